The molecule has 1 amide bonds. The van der Waals surface area contributed by atoms with Crippen LogP contribution >= 0.6 is 12.4 Å². The van der Waals surface area contributed by atoms with Gasteiger partial charge in [-0.25, -0.2) is 8.42 Å². The molecule has 1 aliphatic heterocycles. The number of rotatable bonds is 5. The van der Waals surface area contributed by atoms with Crippen LogP contribution in [-0.4, -0.2) is 40.2 Å². The first-order chi connectivity index (χ1) is 9.88. The molecule has 124 valence electrons. The molecule has 22 heavy (non-hydrogen) atoms. The van der Waals surface area contributed by atoms with E-state index in [-0.39, 0.29) is 23.2 Å². The van der Waals surface area contributed by atoms with E-state index in [4.69, 9.17) is 0 Å². The Kier molecular flexibility index (Phi) is 6.84. The maximum absolute atomic E-state index is 12.2. The number of aryl methyl sites for hydroxylation is 1. The number of carbonyl (C=O) groups excluding carboxylic acids is 1. The third kappa shape index (κ3) is 4.97. The summed E-state index contributed by atoms with van der Waals surface area (Å²) in [5.41, 5.74) is 1.21. The van der Waals surface area contributed by atoms with E-state index in [1.807, 2.05) is 6.92 Å². The number of carbonyl (C=O) groups is 1. The van der Waals surface area contributed by atoms with Gasteiger partial charge in [0, 0.05) is 18.4 Å². The summed E-state index contributed by atoms with van der Waals surface area (Å²) in [5, 5.41) is 6.18. The van der Waals surface area contributed by atoms with Crippen molar-refractivity contribution in [2.24, 2.45) is 5.92 Å². The molecule has 1 aromatic rings. The number of nitrogens with one attached hydrogen (secondary N) is 2. The van der Waals surface area contributed by atoms with Gasteiger partial charge in [-0.15, -0.1) is 12.4 Å². The van der Waals surface area contributed by atoms with Gasteiger partial charge in [0.1, 0.15) is 0 Å². The van der Waals surface area contributed by atoms with Crippen LogP contribution in [0.1, 0.15) is 28.8 Å². The van der Waals surface area contributed by atoms with Gasteiger partial charge < -0.3 is 10.6 Å². The molecule has 1 atom stereocenters. The van der Waals surface area contributed by atoms with Crippen LogP contribution in [0.25, 0.3) is 0 Å². The second-order valence-corrected chi connectivity index (χ2v) is 7.67. The van der Waals surface area contributed by atoms with Crippen molar-refractivity contribution in [3.05, 3.63) is 29.3 Å². The average molecular weight is 347 g/mol. The summed E-state index contributed by atoms with van der Waals surface area (Å²) in [5.74, 6) is 0.415. The highest BCUT2D eigenvalue weighted by atomic mass is 35.5. The summed E-state index contributed by atoms with van der Waals surface area (Å²) in [7, 11) is -3.30. The molecule has 0 radical (unpaired) electrons. The fraction of sp³-hybridized carbons (Fsp3) is 0.533. The van der Waals surface area contributed by atoms with Crippen LogP contribution in [0.3, 0.4) is 0 Å². The molecule has 0 saturated carbocycles. The quantitative estimate of drug-likeness (QED) is 0.848. The second-order valence-electron chi connectivity index (χ2n) is 5.65. The Labute approximate surface area is 138 Å². The summed E-state index contributed by atoms with van der Waals surface area (Å²) >= 11 is 0. The summed E-state index contributed by atoms with van der Waals surface area (Å²) in [6, 6.07) is 4.66. The number of hydrogen-bond acceptors (Lipinski definition) is 4. The lowest BCUT2D eigenvalue weighted by atomic mass is 10.0. The normalized spacial score (nSPS) is 17.8. The zero-order valence-corrected chi connectivity index (χ0v) is 14.5. The summed E-state index contributed by atoms with van der Waals surface area (Å²) in [6.07, 6.45) is 3.24. The monoisotopic (exact) mass is 346 g/mol. The Hall–Kier alpha value is -1.11. The molecule has 2 N–H and O–H groups in total. The standard InChI is InChI=1S/C15H22N2O3S.ClH/c1-11-3-4-13(21(2,19)20)9-14(11)15(18)17-8-6-12-5-7-16-10-12;/h3-4,9,12,16H,5-8,10H2,1-2H3,(H,17,18);1H. The lowest BCUT2D eigenvalue weighted by Crippen LogP contribution is -2.27. The van der Waals surface area contributed by atoms with E-state index >= 15 is 0 Å². The maximum atomic E-state index is 12.2. The zero-order valence-electron chi connectivity index (χ0n) is 12.9. The predicted octanol–water partition coefficient (Wildman–Crippen LogP) is 1.55. The Morgan fingerprint density at radius 2 is 2.14 bits per heavy atom. The molecule has 2 rings (SSSR count). The fourth-order valence-corrected chi connectivity index (χ4v) is 3.17. The molecule has 0 bridgehead atoms. The lowest BCUT2D eigenvalue weighted by molar-refractivity contribution is 0.0951. The highest BCUT2D eigenvalue weighted by Gasteiger charge is 2.16. The van der Waals surface area contributed by atoms with Crippen molar-refractivity contribution >= 4 is 28.2 Å². The molecule has 1 unspecified atom stereocenters. The summed E-state index contributed by atoms with van der Waals surface area (Å²) in [4.78, 5) is 12.4. The van der Waals surface area contributed by atoms with Gasteiger partial charge in [0.15, 0.2) is 9.84 Å². The Bertz CT molecular complexity index is 626. The van der Waals surface area contributed by atoms with Crippen LogP contribution in [-0.2, 0) is 9.84 Å². The molecule has 1 fully saturated rings. The Morgan fingerprint density at radius 3 is 2.73 bits per heavy atom. The van der Waals surface area contributed by atoms with Crippen LogP contribution in [0.4, 0.5) is 0 Å². The third-order valence-electron chi connectivity index (χ3n) is 3.88. The van der Waals surface area contributed by atoms with Gasteiger partial charge in [0.2, 0.25) is 0 Å². The van der Waals surface area contributed by atoms with E-state index in [1.54, 1.807) is 6.07 Å². The molecule has 0 spiro atoms. The van der Waals surface area contributed by atoms with E-state index in [2.05, 4.69) is 10.6 Å². The van der Waals surface area contributed by atoms with Gasteiger partial charge in [-0.05, 0) is 56.5 Å². The fourth-order valence-electron chi connectivity index (χ4n) is 2.52. The molecule has 1 heterocycles. The lowest BCUT2D eigenvalue weighted by Gasteiger charge is -2.11. The molecule has 0 aromatic heterocycles. The first kappa shape index (κ1) is 18.9. The van der Waals surface area contributed by atoms with E-state index in [0.717, 1.165) is 37.8 Å². The molecule has 5 nitrogen and oxygen atoms in total. The van der Waals surface area contributed by atoms with Crippen LogP contribution in [0, 0.1) is 12.8 Å². The number of benzene rings is 1. The van der Waals surface area contributed by atoms with Gasteiger partial charge in [0.05, 0.1) is 4.90 Å². The van der Waals surface area contributed by atoms with Gasteiger partial charge in [-0.1, -0.05) is 6.07 Å². The Balaban J connectivity index is 0.00000242. The third-order valence-corrected chi connectivity index (χ3v) is 4.99. The predicted molar refractivity (Wildman–Crippen MR) is 89.5 cm³/mol. The molecular formula is C15H23ClN2O3S. The van der Waals surface area contributed by atoms with Crippen molar-refractivity contribution in [1.82, 2.24) is 10.6 Å². The SMILES string of the molecule is Cc1ccc(S(C)(=O)=O)cc1C(=O)NCCC1CCNC1.Cl. The largest absolute Gasteiger partial charge is 0.352 e. The van der Waals surface area contributed by atoms with Gasteiger partial charge in [0.25, 0.3) is 5.91 Å². The van der Waals surface area contributed by atoms with Gasteiger partial charge >= 0.3 is 0 Å². The van der Waals surface area contributed by atoms with E-state index in [9.17, 15) is 13.2 Å². The minimum absolute atomic E-state index is 0. The van der Waals surface area contributed by atoms with Crippen molar-refractivity contribution in [2.45, 2.75) is 24.7 Å². The molecule has 1 aliphatic rings. The average Bonchev–Trinajstić information content (AvgIpc) is 2.91. The minimum Gasteiger partial charge on any atom is -0.352 e. The highest BCUT2D eigenvalue weighted by molar-refractivity contribution is 7.90. The summed E-state index contributed by atoms with van der Waals surface area (Å²) in [6.45, 7) is 4.49. The first-order valence-electron chi connectivity index (χ1n) is 7.17. The van der Waals surface area contributed by atoms with Crippen molar-refractivity contribution in [2.75, 3.05) is 25.9 Å². The maximum Gasteiger partial charge on any atom is 0.251 e. The molecule has 0 aliphatic carbocycles. The highest BCUT2D eigenvalue weighted by Crippen LogP contribution is 2.16. The second kappa shape index (κ2) is 7.94. The van der Waals surface area contributed by atoms with E-state index < -0.39 is 9.84 Å². The molecule has 7 heteroatoms. The molecular weight excluding hydrogens is 324 g/mol. The smallest absolute Gasteiger partial charge is 0.251 e. The number of halogens is 1. The van der Waals surface area contributed by atoms with E-state index in [0.29, 0.717) is 18.0 Å². The number of hydrogen-bond donors (Lipinski definition) is 2. The van der Waals surface area contributed by atoms with E-state index in [1.165, 1.54) is 12.1 Å². The number of sulfone groups is 1. The van der Waals surface area contributed by atoms with Crippen molar-refractivity contribution < 1.29 is 13.2 Å². The van der Waals surface area contributed by atoms with Crippen LogP contribution in [0.5, 0.6) is 0 Å². The molecule has 1 aromatic carbocycles. The summed E-state index contributed by atoms with van der Waals surface area (Å²) < 4.78 is 23.1. The molecule has 1 saturated heterocycles. The van der Waals surface area contributed by atoms with Gasteiger partial charge in [-0.3, -0.25) is 4.79 Å². The minimum atomic E-state index is -3.30. The topological polar surface area (TPSA) is 75.3 Å². The van der Waals surface area contributed by atoms with Crippen LogP contribution in [0.15, 0.2) is 23.1 Å². The zero-order chi connectivity index (χ0) is 15.5. The van der Waals surface area contributed by atoms with Crippen molar-refractivity contribution in [1.29, 1.82) is 0 Å². The van der Waals surface area contributed by atoms with Crippen LogP contribution in [0.2, 0.25) is 0 Å². The number of amides is 1. The Morgan fingerprint density at radius 1 is 1.41 bits per heavy atom. The van der Waals surface area contributed by atoms with Gasteiger partial charge in [-0.2, -0.15) is 0 Å². The van der Waals surface area contributed by atoms with Crippen molar-refractivity contribution in [3.8, 4) is 0 Å². The van der Waals surface area contributed by atoms with Crippen LogP contribution < -0.4 is 10.6 Å². The first-order valence-corrected chi connectivity index (χ1v) is 9.06. The van der Waals surface area contributed by atoms with Crippen molar-refractivity contribution in [3.63, 3.8) is 0 Å².